The number of amides is 1. The number of alkyl carbamates (subject to hydrolysis) is 1. The summed E-state index contributed by atoms with van der Waals surface area (Å²) in [5, 5.41) is 14.8. The normalized spacial score (nSPS) is 20.0. The van der Waals surface area contributed by atoms with Crippen molar-refractivity contribution >= 4 is 12.1 Å². The van der Waals surface area contributed by atoms with Gasteiger partial charge in [-0.2, -0.15) is 0 Å². The van der Waals surface area contributed by atoms with Gasteiger partial charge in [-0.05, 0) is 35.1 Å². The van der Waals surface area contributed by atoms with E-state index in [1.165, 1.54) is 22.3 Å². The summed E-state index contributed by atoms with van der Waals surface area (Å²) in [6, 6.07) is 16.6. The van der Waals surface area contributed by atoms with Crippen molar-refractivity contribution < 1.29 is 24.2 Å². The van der Waals surface area contributed by atoms with E-state index in [4.69, 9.17) is 14.6 Å². The molecule has 31 heavy (non-hydrogen) atoms. The highest BCUT2D eigenvalue weighted by molar-refractivity contribution is 5.79. The molecule has 2 aliphatic rings. The van der Waals surface area contributed by atoms with E-state index in [0.717, 1.165) is 12.8 Å². The fraction of sp³-hybridized carbons (Fsp3) is 0.417. The maximum Gasteiger partial charge on any atom is 0.409 e. The fourth-order valence-corrected chi connectivity index (χ4v) is 4.34. The van der Waals surface area contributed by atoms with Crippen LogP contribution in [0.2, 0.25) is 0 Å². The zero-order chi connectivity index (χ0) is 21.6. The molecule has 2 aromatic rings. The Morgan fingerprint density at radius 1 is 1.06 bits per heavy atom. The van der Waals surface area contributed by atoms with Crippen LogP contribution in [0.3, 0.4) is 0 Å². The smallest absolute Gasteiger partial charge is 0.409 e. The molecule has 1 fully saturated rings. The average Bonchev–Trinajstić information content (AvgIpc) is 3.10. The monoisotopic (exact) mass is 424 g/mol. The molecule has 1 saturated heterocycles. The second kappa shape index (κ2) is 9.94. The lowest BCUT2D eigenvalue weighted by atomic mass is 9.98. The number of unbranched alkanes of at least 4 members (excludes halogenated alkanes) is 1. The third-order valence-electron chi connectivity index (χ3n) is 5.91. The van der Waals surface area contributed by atoms with Crippen molar-refractivity contribution in [2.45, 2.75) is 43.9 Å². The standard InChI is InChI=1S/C24H28N2O5/c27-23(28)12-6-1-7-16-14-30-22(13-25-16)26-24(29)31-15-21-19-10-4-2-8-17(19)18-9-3-5-11-20(18)21/h2-5,8-11,16,21-22,25H,1,6-7,12-15H2,(H,26,29)(H,27,28)/t16?,22-/m0/s1. The van der Waals surface area contributed by atoms with Gasteiger partial charge in [0.15, 0.2) is 0 Å². The van der Waals surface area contributed by atoms with E-state index in [9.17, 15) is 9.59 Å². The summed E-state index contributed by atoms with van der Waals surface area (Å²) in [6.45, 7) is 1.24. The molecule has 0 bridgehead atoms. The first-order chi connectivity index (χ1) is 15.1. The molecule has 1 aliphatic carbocycles. The quantitative estimate of drug-likeness (QED) is 0.562. The zero-order valence-electron chi connectivity index (χ0n) is 17.4. The lowest BCUT2D eigenvalue weighted by Crippen LogP contribution is -2.53. The summed E-state index contributed by atoms with van der Waals surface area (Å²) in [6.07, 6.45) is 1.61. The lowest BCUT2D eigenvalue weighted by molar-refractivity contribution is -0.137. The van der Waals surface area contributed by atoms with E-state index in [1.54, 1.807) is 0 Å². The number of carbonyl (C=O) groups excluding carboxylic acids is 1. The van der Waals surface area contributed by atoms with E-state index in [2.05, 4.69) is 34.9 Å². The summed E-state index contributed by atoms with van der Waals surface area (Å²) in [7, 11) is 0. The molecular weight excluding hydrogens is 396 g/mol. The Bertz CT molecular complexity index is 878. The van der Waals surface area contributed by atoms with Gasteiger partial charge in [-0.15, -0.1) is 0 Å². The van der Waals surface area contributed by atoms with E-state index >= 15 is 0 Å². The van der Waals surface area contributed by atoms with Crippen molar-refractivity contribution in [3.8, 4) is 11.1 Å². The van der Waals surface area contributed by atoms with Crippen LogP contribution in [0.5, 0.6) is 0 Å². The molecule has 164 valence electrons. The third kappa shape index (κ3) is 5.24. The predicted molar refractivity (Wildman–Crippen MR) is 116 cm³/mol. The molecule has 1 heterocycles. The van der Waals surface area contributed by atoms with Crippen molar-refractivity contribution in [3.63, 3.8) is 0 Å². The first-order valence-electron chi connectivity index (χ1n) is 10.8. The molecule has 0 radical (unpaired) electrons. The second-order valence-corrected chi connectivity index (χ2v) is 8.04. The zero-order valence-corrected chi connectivity index (χ0v) is 17.4. The van der Waals surface area contributed by atoms with Gasteiger partial charge in [-0.3, -0.25) is 10.1 Å². The molecule has 1 unspecified atom stereocenters. The van der Waals surface area contributed by atoms with Crippen LogP contribution in [0, 0.1) is 0 Å². The number of aliphatic carboxylic acids is 1. The van der Waals surface area contributed by atoms with Crippen molar-refractivity contribution in [2.24, 2.45) is 0 Å². The van der Waals surface area contributed by atoms with Crippen LogP contribution in [0.1, 0.15) is 42.7 Å². The van der Waals surface area contributed by atoms with Crippen LogP contribution in [0.15, 0.2) is 48.5 Å². The number of fused-ring (bicyclic) bond motifs is 3. The summed E-state index contributed by atoms with van der Waals surface area (Å²) in [5.41, 5.74) is 4.75. The van der Waals surface area contributed by atoms with Crippen molar-refractivity contribution in [1.29, 1.82) is 0 Å². The van der Waals surface area contributed by atoms with Crippen LogP contribution in [-0.4, -0.2) is 49.2 Å². The molecule has 0 saturated carbocycles. The van der Waals surface area contributed by atoms with Crippen LogP contribution >= 0.6 is 0 Å². The minimum absolute atomic E-state index is 0.0266. The van der Waals surface area contributed by atoms with Crippen LogP contribution < -0.4 is 10.6 Å². The van der Waals surface area contributed by atoms with Gasteiger partial charge in [0.05, 0.1) is 6.61 Å². The number of hydrogen-bond donors (Lipinski definition) is 3. The molecule has 3 N–H and O–H groups in total. The van der Waals surface area contributed by atoms with Gasteiger partial charge in [0.25, 0.3) is 0 Å². The van der Waals surface area contributed by atoms with Gasteiger partial charge in [-0.25, -0.2) is 4.79 Å². The van der Waals surface area contributed by atoms with Crippen molar-refractivity contribution in [2.75, 3.05) is 19.8 Å². The maximum atomic E-state index is 12.4. The fourth-order valence-electron chi connectivity index (χ4n) is 4.34. The van der Waals surface area contributed by atoms with E-state index in [1.807, 2.05) is 24.3 Å². The van der Waals surface area contributed by atoms with E-state index in [-0.39, 0.29) is 25.0 Å². The minimum atomic E-state index is -0.764. The largest absolute Gasteiger partial charge is 0.481 e. The molecule has 2 atom stereocenters. The molecule has 0 spiro atoms. The predicted octanol–water partition coefficient (Wildman–Crippen LogP) is 3.48. The van der Waals surface area contributed by atoms with E-state index < -0.39 is 18.3 Å². The van der Waals surface area contributed by atoms with Crippen LogP contribution in [0.25, 0.3) is 11.1 Å². The van der Waals surface area contributed by atoms with Gasteiger partial charge in [0.2, 0.25) is 0 Å². The number of rotatable bonds is 8. The van der Waals surface area contributed by atoms with Crippen LogP contribution in [-0.2, 0) is 14.3 Å². The number of carboxylic acids is 1. The molecular formula is C24H28N2O5. The third-order valence-corrected chi connectivity index (χ3v) is 5.91. The molecule has 0 aromatic heterocycles. The lowest BCUT2D eigenvalue weighted by Gasteiger charge is -2.30. The number of benzene rings is 2. The number of ether oxygens (including phenoxy) is 2. The molecule has 1 amide bonds. The van der Waals surface area contributed by atoms with Crippen molar-refractivity contribution in [3.05, 3.63) is 59.7 Å². The SMILES string of the molecule is O=C(O)CCCCC1CO[C@H](NC(=O)OCC2c3ccccc3-c3ccccc32)CN1. The Balaban J connectivity index is 1.22. The van der Waals surface area contributed by atoms with Gasteiger partial charge in [0, 0.05) is 24.9 Å². The van der Waals surface area contributed by atoms with E-state index in [0.29, 0.717) is 19.6 Å². The number of nitrogens with one attached hydrogen (secondary N) is 2. The highest BCUT2D eigenvalue weighted by Gasteiger charge is 2.29. The molecule has 2 aromatic carbocycles. The topological polar surface area (TPSA) is 96.9 Å². The summed E-state index contributed by atoms with van der Waals surface area (Å²) >= 11 is 0. The summed E-state index contributed by atoms with van der Waals surface area (Å²) in [5.74, 6) is -0.737. The second-order valence-electron chi connectivity index (χ2n) is 8.04. The van der Waals surface area contributed by atoms with Crippen LogP contribution in [0.4, 0.5) is 4.79 Å². The Labute approximate surface area is 181 Å². The average molecular weight is 424 g/mol. The van der Waals surface area contributed by atoms with Gasteiger partial charge in [0.1, 0.15) is 12.8 Å². The number of morpholine rings is 1. The highest BCUT2D eigenvalue weighted by Crippen LogP contribution is 2.44. The highest BCUT2D eigenvalue weighted by atomic mass is 16.6. The molecule has 1 aliphatic heterocycles. The van der Waals surface area contributed by atoms with Gasteiger partial charge < -0.3 is 19.9 Å². The van der Waals surface area contributed by atoms with Gasteiger partial charge in [-0.1, -0.05) is 55.0 Å². The number of hydrogen-bond acceptors (Lipinski definition) is 5. The Morgan fingerprint density at radius 2 is 1.74 bits per heavy atom. The molecule has 7 heteroatoms. The number of carboxylic acid groups (broad SMARTS) is 1. The first-order valence-corrected chi connectivity index (χ1v) is 10.8. The Morgan fingerprint density at radius 3 is 2.35 bits per heavy atom. The van der Waals surface area contributed by atoms with Gasteiger partial charge >= 0.3 is 12.1 Å². The molecule has 4 rings (SSSR count). The van der Waals surface area contributed by atoms with Crippen molar-refractivity contribution in [1.82, 2.24) is 10.6 Å². The number of carbonyl (C=O) groups is 2. The summed E-state index contributed by atoms with van der Waals surface area (Å²) < 4.78 is 11.3. The molecule has 7 nitrogen and oxygen atoms in total. The maximum absolute atomic E-state index is 12.4. The first kappa shape index (κ1) is 21.3. The summed E-state index contributed by atoms with van der Waals surface area (Å²) in [4.78, 5) is 22.9. The Hall–Kier alpha value is -2.90. The minimum Gasteiger partial charge on any atom is -0.481 e. The Kier molecular flexibility index (Phi) is 6.84.